The van der Waals surface area contributed by atoms with Crippen molar-refractivity contribution in [2.24, 2.45) is 5.73 Å². The van der Waals surface area contributed by atoms with Gasteiger partial charge in [-0.3, -0.25) is 9.78 Å². The van der Waals surface area contributed by atoms with E-state index in [0.29, 0.717) is 11.1 Å². The smallest absolute Gasteiger partial charge is 0.244 e. The first kappa shape index (κ1) is 17.1. The summed E-state index contributed by atoms with van der Waals surface area (Å²) in [4.78, 5) is 15.9. The zero-order valence-electron chi connectivity index (χ0n) is 13.7. The van der Waals surface area contributed by atoms with Crippen LogP contribution in [0.3, 0.4) is 0 Å². The summed E-state index contributed by atoms with van der Waals surface area (Å²) in [5.41, 5.74) is 7.81. The fraction of sp³-hybridized carbons (Fsp3) is 0.158. The molecule has 0 radical (unpaired) electrons. The van der Waals surface area contributed by atoms with Gasteiger partial charge in [0.1, 0.15) is 4.75 Å². The quantitative estimate of drug-likeness (QED) is 0.911. The predicted octanol–water partition coefficient (Wildman–Crippen LogP) is 2.22. The van der Waals surface area contributed by atoms with Gasteiger partial charge < -0.3 is 5.73 Å². The van der Waals surface area contributed by atoms with Crippen LogP contribution in [0.25, 0.3) is 5.57 Å². The molecule has 0 saturated carbocycles. The summed E-state index contributed by atoms with van der Waals surface area (Å²) >= 11 is 0. The fourth-order valence-corrected chi connectivity index (χ4v) is 4.42. The highest BCUT2D eigenvalue weighted by Gasteiger charge is 2.44. The average molecular weight is 354 g/mol. The van der Waals surface area contributed by atoms with E-state index in [1.165, 1.54) is 6.26 Å². The van der Waals surface area contributed by atoms with Crippen LogP contribution in [0.5, 0.6) is 0 Å². The van der Waals surface area contributed by atoms with E-state index >= 15 is 0 Å². The van der Waals surface area contributed by atoms with Gasteiger partial charge in [0.05, 0.1) is 0 Å². The van der Waals surface area contributed by atoms with E-state index in [1.54, 1.807) is 60.9 Å². The summed E-state index contributed by atoms with van der Waals surface area (Å²) < 4.78 is 24.3. The van der Waals surface area contributed by atoms with E-state index in [4.69, 9.17) is 5.73 Å². The molecule has 1 aromatic heterocycles. The molecule has 1 amide bonds. The molecule has 0 fully saturated rings. The van der Waals surface area contributed by atoms with Crippen molar-refractivity contribution in [1.29, 1.82) is 0 Å². The highest BCUT2D eigenvalue weighted by Crippen LogP contribution is 2.43. The highest BCUT2D eigenvalue weighted by molar-refractivity contribution is 7.91. The van der Waals surface area contributed by atoms with Gasteiger partial charge in [-0.25, -0.2) is 8.42 Å². The molecule has 0 saturated heterocycles. The number of nitrogens with zero attached hydrogens (tertiary/aromatic N) is 1. The number of rotatable bonds is 4. The Morgan fingerprint density at radius 2 is 1.76 bits per heavy atom. The molecule has 1 aliphatic carbocycles. The number of sulfone groups is 1. The Bertz CT molecular complexity index is 964. The predicted molar refractivity (Wildman–Crippen MR) is 97.1 cm³/mol. The number of hydrogen-bond acceptors (Lipinski definition) is 4. The average Bonchev–Trinajstić information content (AvgIpc) is 2.62. The Balaban J connectivity index is 2.30. The van der Waals surface area contributed by atoms with Gasteiger partial charge in [-0.2, -0.15) is 0 Å². The van der Waals surface area contributed by atoms with Crippen molar-refractivity contribution in [2.45, 2.75) is 11.2 Å². The molecule has 128 valence electrons. The first-order valence-electron chi connectivity index (χ1n) is 7.72. The summed E-state index contributed by atoms with van der Waals surface area (Å²) in [6.45, 7) is 0. The summed E-state index contributed by atoms with van der Waals surface area (Å²) in [6, 6.07) is 12.4. The van der Waals surface area contributed by atoms with Crippen LogP contribution >= 0.6 is 0 Å². The zero-order chi connectivity index (χ0) is 18.1. The van der Waals surface area contributed by atoms with Crippen LogP contribution in [0, 0.1) is 0 Å². The normalized spacial score (nSPS) is 20.5. The van der Waals surface area contributed by atoms with Gasteiger partial charge in [0, 0.05) is 30.6 Å². The third-order valence-electron chi connectivity index (χ3n) is 4.43. The maximum Gasteiger partial charge on any atom is 0.244 e. The van der Waals surface area contributed by atoms with Crippen molar-refractivity contribution in [1.82, 2.24) is 4.98 Å². The van der Waals surface area contributed by atoms with E-state index in [2.05, 4.69) is 4.98 Å². The van der Waals surface area contributed by atoms with E-state index in [-0.39, 0.29) is 12.0 Å². The van der Waals surface area contributed by atoms with Crippen molar-refractivity contribution >= 4 is 21.3 Å². The van der Waals surface area contributed by atoms with Crippen LogP contribution in [0.15, 0.2) is 72.6 Å². The van der Waals surface area contributed by atoms with Crippen LogP contribution in [0.4, 0.5) is 0 Å². The lowest BCUT2D eigenvalue weighted by atomic mass is 9.82. The number of amides is 1. The van der Waals surface area contributed by atoms with E-state index < -0.39 is 20.5 Å². The maximum atomic E-state index is 12.8. The lowest BCUT2D eigenvalue weighted by Crippen LogP contribution is -2.37. The molecule has 5 nitrogen and oxygen atoms in total. The number of nitrogens with two attached hydrogens (primary N) is 1. The van der Waals surface area contributed by atoms with Crippen molar-refractivity contribution < 1.29 is 13.2 Å². The van der Waals surface area contributed by atoms with Gasteiger partial charge in [-0.15, -0.1) is 0 Å². The first-order chi connectivity index (χ1) is 11.8. The minimum atomic E-state index is -3.59. The molecule has 0 bridgehead atoms. The molecule has 1 unspecified atom stereocenters. The molecule has 1 atom stereocenters. The van der Waals surface area contributed by atoms with Crippen LogP contribution in [0.1, 0.15) is 17.5 Å². The lowest BCUT2D eigenvalue weighted by molar-refractivity contribution is -0.114. The monoisotopic (exact) mass is 354 g/mol. The second-order valence-electron chi connectivity index (χ2n) is 6.07. The minimum Gasteiger partial charge on any atom is -0.366 e. The summed E-state index contributed by atoms with van der Waals surface area (Å²) in [6.07, 6.45) is 7.80. The lowest BCUT2D eigenvalue weighted by Gasteiger charge is -2.33. The Morgan fingerprint density at radius 1 is 1.12 bits per heavy atom. The number of hydrogen-bond donors (Lipinski definition) is 1. The number of carbonyl (C=O) groups excluding carboxylic acids is 1. The Labute approximate surface area is 146 Å². The van der Waals surface area contributed by atoms with Crippen LogP contribution in [-0.2, 0) is 19.4 Å². The third-order valence-corrected chi connectivity index (χ3v) is 6.25. The van der Waals surface area contributed by atoms with E-state index in [1.807, 2.05) is 6.07 Å². The molecule has 0 spiro atoms. The largest absolute Gasteiger partial charge is 0.366 e. The highest BCUT2D eigenvalue weighted by atomic mass is 32.2. The van der Waals surface area contributed by atoms with Crippen LogP contribution in [0.2, 0.25) is 0 Å². The topological polar surface area (TPSA) is 90.1 Å². The van der Waals surface area contributed by atoms with Gasteiger partial charge >= 0.3 is 0 Å². The second-order valence-corrected chi connectivity index (χ2v) is 8.35. The second kappa shape index (κ2) is 6.29. The molecule has 2 aromatic rings. The molecule has 3 rings (SSSR count). The van der Waals surface area contributed by atoms with Gasteiger partial charge in [-0.1, -0.05) is 36.4 Å². The number of benzene rings is 1. The summed E-state index contributed by atoms with van der Waals surface area (Å²) in [5, 5.41) is 0. The molecule has 0 aliphatic heterocycles. The molecular formula is C19H18N2O3S. The van der Waals surface area contributed by atoms with Crippen molar-refractivity contribution in [2.75, 3.05) is 6.26 Å². The standard InChI is InChI=1S/C19H18N2O3S/c1-25(23,24)19(17-5-3-2-4-6-17)12-15(11-16(13-19)18(20)22)14-7-9-21-10-8-14/h2-12H,13H2,1H3,(H2,20,22). The van der Waals surface area contributed by atoms with Gasteiger partial charge in [0.15, 0.2) is 9.84 Å². The molecule has 25 heavy (non-hydrogen) atoms. The number of carbonyl (C=O) groups is 1. The SMILES string of the molecule is CS(=O)(=O)C1(c2ccccc2)C=C(c2ccncc2)C=C(C(N)=O)C1. The van der Waals surface area contributed by atoms with Gasteiger partial charge in [0.25, 0.3) is 0 Å². The Hall–Kier alpha value is -2.73. The Morgan fingerprint density at radius 3 is 2.32 bits per heavy atom. The zero-order valence-corrected chi connectivity index (χ0v) is 14.5. The fourth-order valence-electron chi connectivity index (χ4n) is 3.09. The number of pyridine rings is 1. The van der Waals surface area contributed by atoms with Crippen molar-refractivity contribution in [3.8, 4) is 0 Å². The van der Waals surface area contributed by atoms with Crippen molar-refractivity contribution in [3.05, 3.63) is 83.7 Å². The van der Waals surface area contributed by atoms with Crippen molar-refractivity contribution in [3.63, 3.8) is 0 Å². The number of aromatic nitrogens is 1. The molecular weight excluding hydrogens is 336 g/mol. The van der Waals surface area contributed by atoms with E-state index in [9.17, 15) is 13.2 Å². The first-order valence-corrected chi connectivity index (χ1v) is 9.61. The van der Waals surface area contributed by atoms with Crippen LogP contribution < -0.4 is 5.73 Å². The van der Waals surface area contributed by atoms with E-state index in [0.717, 1.165) is 5.56 Å². The summed E-state index contributed by atoms with van der Waals surface area (Å²) in [5.74, 6) is -0.622. The number of primary amides is 1. The van der Waals surface area contributed by atoms with Gasteiger partial charge in [0.2, 0.25) is 5.91 Å². The Kier molecular flexibility index (Phi) is 4.30. The number of allylic oxidation sites excluding steroid dienone is 2. The summed E-state index contributed by atoms with van der Waals surface area (Å²) in [7, 11) is -3.59. The molecule has 1 aromatic carbocycles. The maximum absolute atomic E-state index is 12.8. The molecule has 6 heteroatoms. The molecule has 1 aliphatic rings. The minimum absolute atomic E-state index is 0.0137. The van der Waals surface area contributed by atoms with Gasteiger partial charge in [-0.05, 0) is 34.9 Å². The molecule has 1 heterocycles. The third kappa shape index (κ3) is 3.13. The molecule has 2 N–H and O–H groups in total. The van der Waals surface area contributed by atoms with Crippen LogP contribution in [-0.4, -0.2) is 25.6 Å².